The maximum absolute atomic E-state index is 12.5. The molecule has 0 aromatic heterocycles. The second-order valence-corrected chi connectivity index (χ2v) is 10.1. The molecule has 0 bridgehead atoms. The molecule has 2 aromatic rings. The van der Waals surface area contributed by atoms with E-state index in [1.54, 1.807) is 0 Å². The third-order valence-electron chi connectivity index (χ3n) is 5.62. The minimum Gasteiger partial charge on any atom is -0.481 e. The van der Waals surface area contributed by atoms with Crippen molar-refractivity contribution in [2.75, 3.05) is 26.0 Å². The van der Waals surface area contributed by atoms with Crippen LogP contribution < -0.4 is 15.4 Å². The highest BCUT2D eigenvalue weighted by Gasteiger charge is 2.30. The Bertz CT molecular complexity index is 1140. The van der Waals surface area contributed by atoms with Gasteiger partial charge in [0.25, 0.3) is 0 Å². The average molecular weight is 504 g/mol. The molecule has 1 aliphatic rings. The van der Waals surface area contributed by atoms with Gasteiger partial charge in [0, 0.05) is 25.4 Å². The Morgan fingerprint density at radius 1 is 1.00 bits per heavy atom. The maximum Gasteiger partial charge on any atom is 0.407 e. The molecule has 0 fully saturated rings. The van der Waals surface area contributed by atoms with E-state index >= 15 is 0 Å². The van der Waals surface area contributed by atoms with Gasteiger partial charge < -0.3 is 20.5 Å². The fourth-order valence-electron chi connectivity index (χ4n) is 4.00. The fourth-order valence-corrected chi connectivity index (χ4v) is 4.51. The highest BCUT2D eigenvalue weighted by Crippen LogP contribution is 2.44. The minimum atomic E-state index is -3.33. The van der Waals surface area contributed by atoms with Gasteiger partial charge in [-0.2, -0.15) is 0 Å². The smallest absolute Gasteiger partial charge is 0.407 e. The van der Waals surface area contributed by atoms with Gasteiger partial charge in [0.05, 0.1) is 6.26 Å². The van der Waals surface area contributed by atoms with E-state index in [9.17, 15) is 22.8 Å². The number of fused-ring (bicyclic) bond motifs is 3. The first kappa shape index (κ1) is 26.2. The molecule has 0 radical (unpaired) electrons. The van der Waals surface area contributed by atoms with Crippen LogP contribution in [0.15, 0.2) is 48.5 Å². The summed E-state index contributed by atoms with van der Waals surface area (Å²) in [4.78, 5) is 36.1. The molecule has 0 saturated carbocycles. The predicted molar refractivity (Wildman–Crippen MR) is 129 cm³/mol. The van der Waals surface area contributed by atoms with E-state index in [2.05, 4.69) is 15.4 Å². The van der Waals surface area contributed by atoms with Crippen LogP contribution in [0.1, 0.15) is 36.3 Å². The predicted octanol–water partition coefficient (Wildman–Crippen LogP) is 1.81. The van der Waals surface area contributed by atoms with Crippen molar-refractivity contribution in [3.63, 3.8) is 0 Å². The summed E-state index contributed by atoms with van der Waals surface area (Å²) >= 11 is 0. The molecule has 4 N–H and O–H groups in total. The Hall–Kier alpha value is -3.44. The molecular formula is C24H29N3O7S. The molecule has 3 rings (SSSR count). The van der Waals surface area contributed by atoms with Crippen LogP contribution in [0, 0.1) is 0 Å². The molecule has 188 valence electrons. The largest absolute Gasteiger partial charge is 0.481 e. The summed E-state index contributed by atoms with van der Waals surface area (Å²) in [5, 5.41) is 14.0. The lowest BCUT2D eigenvalue weighted by Crippen LogP contribution is -2.47. The van der Waals surface area contributed by atoms with Crippen LogP contribution in [-0.2, 0) is 24.3 Å². The topological polar surface area (TPSA) is 151 Å². The molecule has 2 amide bonds. The first-order valence-electron chi connectivity index (χ1n) is 11.2. The summed E-state index contributed by atoms with van der Waals surface area (Å²) < 4.78 is 29.9. The number of carboxylic acids is 1. The van der Waals surface area contributed by atoms with Gasteiger partial charge >= 0.3 is 12.1 Å². The van der Waals surface area contributed by atoms with Crippen molar-refractivity contribution < 1.29 is 32.6 Å². The van der Waals surface area contributed by atoms with Crippen molar-refractivity contribution in [2.45, 2.75) is 31.2 Å². The quantitative estimate of drug-likeness (QED) is 0.323. The molecule has 35 heavy (non-hydrogen) atoms. The number of benzene rings is 2. The molecule has 10 nitrogen and oxygen atoms in total. The van der Waals surface area contributed by atoms with Gasteiger partial charge in [0.1, 0.15) is 12.6 Å². The van der Waals surface area contributed by atoms with Crippen LogP contribution in [0.5, 0.6) is 0 Å². The van der Waals surface area contributed by atoms with E-state index in [-0.39, 0.29) is 38.5 Å². The van der Waals surface area contributed by atoms with Crippen LogP contribution in [-0.4, -0.2) is 63.5 Å². The summed E-state index contributed by atoms with van der Waals surface area (Å²) in [5.41, 5.74) is 4.26. The van der Waals surface area contributed by atoms with Crippen LogP contribution in [0.3, 0.4) is 0 Å². The normalized spacial score (nSPS) is 13.4. The number of hydrogen-bond donors (Lipinski definition) is 4. The van der Waals surface area contributed by atoms with E-state index in [0.717, 1.165) is 28.5 Å². The first-order chi connectivity index (χ1) is 16.7. The molecule has 0 heterocycles. The van der Waals surface area contributed by atoms with Crippen LogP contribution >= 0.6 is 0 Å². The zero-order chi connectivity index (χ0) is 25.4. The average Bonchev–Trinajstić information content (AvgIpc) is 3.13. The molecule has 0 spiro atoms. The van der Waals surface area contributed by atoms with Gasteiger partial charge in [-0.25, -0.2) is 17.9 Å². The van der Waals surface area contributed by atoms with E-state index in [1.807, 2.05) is 48.5 Å². The number of sulfonamides is 1. The number of ether oxygens (including phenoxy) is 1. The second-order valence-electron chi connectivity index (χ2n) is 8.27. The van der Waals surface area contributed by atoms with Crippen molar-refractivity contribution in [3.05, 3.63) is 59.7 Å². The molecule has 1 aliphatic carbocycles. The molecule has 2 aromatic carbocycles. The van der Waals surface area contributed by atoms with E-state index in [1.165, 1.54) is 0 Å². The maximum atomic E-state index is 12.5. The zero-order valence-electron chi connectivity index (χ0n) is 19.3. The van der Waals surface area contributed by atoms with Gasteiger partial charge in [-0.3, -0.25) is 9.59 Å². The van der Waals surface area contributed by atoms with E-state index < -0.39 is 34.0 Å². The second kappa shape index (κ2) is 11.8. The van der Waals surface area contributed by atoms with Crippen LogP contribution in [0.25, 0.3) is 11.1 Å². The van der Waals surface area contributed by atoms with E-state index in [0.29, 0.717) is 6.42 Å². The Labute approximate surface area is 204 Å². The number of carbonyl (C=O) groups is 3. The van der Waals surface area contributed by atoms with Gasteiger partial charge in [-0.05, 0) is 35.1 Å². The lowest BCUT2D eigenvalue weighted by molar-refractivity contribution is -0.137. The highest BCUT2D eigenvalue weighted by molar-refractivity contribution is 7.88. The first-order valence-corrected chi connectivity index (χ1v) is 13.1. The van der Waals surface area contributed by atoms with Gasteiger partial charge in [-0.15, -0.1) is 0 Å². The monoisotopic (exact) mass is 503 g/mol. The Kier molecular flexibility index (Phi) is 8.83. The highest BCUT2D eigenvalue weighted by atomic mass is 32.2. The van der Waals surface area contributed by atoms with E-state index in [4.69, 9.17) is 9.84 Å². The summed E-state index contributed by atoms with van der Waals surface area (Å²) in [7, 11) is -3.33. The Morgan fingerprint density at radius 2 is 1.60 bits per heavy atom. The number of amides is 2. The molecule has 0 saturated heterocycles. The number of aliphatic carboxylic acids is 1. The number of alkyl carbamates (subject to hydrolysis) is 1. The SMILES string of the molecule is CS(=O)(=O)NCCCNC(=O)C(CCC(=O)O)NC(=O)OCC1c2ccccc2-c2ccccc21. The van der Waals surface area contributed by atoms with Gasteiger partial charge in [0.2, 0.25) is 15.9 Å². The number of rotatable bonds is 12. The number of carbonyl (C=O) groups excluding carboxylic acids is 2. The van der Waals surface area contributed by atoms with Crippen molar-refractivity contribution in [2.24, 2.45) is 0 Å². The van der Waals surface area contributed by atoms with Crippen molar-refractivity contribution in [3.8, 4) is 11.1 Å². The summed E-state index contributed by atoms with van der Waals surface area (Å²) in [6.07, 6.45) is 0.0992. The van der Waals surface area contributed by atoms with Crippen molar-refractivity contribution in [1.82, 2.24) is 15.4 Å². The number of carboxylic acid groups (broad SMARTS) is 1. The molecule has 0 aliphatic heterocycles. The summed E-state index contributed by atoms with van der Waals surface area (Å²) in [5.74, 6) is -1.82. The molecule has 1 atom stereocenters. The van der Waals surface area contributed by atoms with Crippen LogP contribution in [0.2, 0.25) is 0 Å². The Morgan fingerprint density at radius 3 is 2.17 bits per heavy atom. The fraction of sp³-hybridized carbons (Fsp3) is 0.375. The van der Waals surface area contributed by atoms with Crippen molar-refractivity contribution in [1.29, 1.82) is 0 Å². The molecular weight excluding hydrogens is 474 g/mol. The molecule has 1 unspecified atom stereocenters. The minimum absolute atomic E-state index is 0.0598. The lowest BCUT2D eigenvalue weighted by atomic mass is 9.98. The Balaban J connectivity index is 1.56. The third-order valence-corrected chi connectivity index (χ3v) is 6.34. The summed E-state index contributed by atoms with van der Waals surface area (Å²) in [6.45, 7) is 0.348. The lowest BCUT2D eigenvalue weighted by Gasteiger charge is -2.19. The molecule has 11 heteroatoms. The van der Waals surface area contributed by atoms with Gasteiger partial charge in [0.15, 0.2) is 0 Å². The summed E-state index contributed by atoms with van der Waals surface area (Å²) in [6, 6.07) is 14.7. The standard InChI is InChI=1S/C24H29N3O7S/c1-35(32,33)26-14-6-13-25-23(30)21(11-12-22(28)29)27-24(31)34-15-20-18-9-4-2-7-16(18)17-8-3-5-10-19(17)20/h2-5,7-10,20-21,26H,6,11-15H2,1H3,(H,25,30)(H,27,31)(H,28,29). The third kappa shape index (κ3) is 7.52. The van der Waals surface area contributed by atoms with Gasteiger partial charge in [-0.1, -0.05) is 48.5 Å². The zero-order valence-corrected chi connectivity index (χ0v) is 20.1. The number of hydrogen-bond acceptors (Lipinski definition) is 6. The van der Waals surface area contributed by atoms with Crippen molar-refractivity contribution >= 4 is 28.0 Å². The number of nitrogens with one attached hydrogen (secondary N) is 3. The van der Waals surface area contributed by atoms with Crippen LogP contribution in [0.4, 0.5) is 4.79 Å².